The number of likely N-dealkylation sites (tertiary alicyclic amines) is 1. The van der Waals surface area contributed by atoms with Gasteiger partial charge < -0.3 is 33.9 Å². The zero-order valence-corrected chi connectivity index (χ0v) is 29.1. The van der Waals surface area contributed by atoms with Gasteiger partial charge in [-0.15, -0.1) is 0 Å². The first-order valence-corrected chi connectivity index (χ1v) is 17.4. The van der Waals surface area contributed by atoms with Crippen LogP contribution in [0.15, 0.2) is 60.8 Å². The minimum Gasteiger partial charge on any atom is -0.494 e. The topological polar surface area (TPSA) is 114 Å². The summed E-state index contributed by atoms with van der Waals surface area (Å²) in [5.74, 6) is -1.35. The smallest absolute Gasteiger partial charge is 0.308 e. The van der Waals surface area contributed by atoms with Crippen LogP contribution in [-0.4, -0.2) is 70.6 Å². The summed E-state index contributed by atoms with van der Waals surface area (Å²) in [6, 6.07) is 15.2. The monoisotopic (exact) mass is 687 g/mol. The van der Waals surface area contributed by atoms with E-state index in [-0.39, 0.29) is 43.5 Å². The Hall–Kier alpha value is -4.77. The number of carboxylic acids is 1. The minimum absolute atomic E-state index is 0.0351. The molecule has 266 valence electrons. The molecule has 0 saturated carbocycles. The highest BCUT2D eigenvalue weighted by molar-refractivity contribution is 5.95. The van der Waals surface area contributed by atoms with Gasteiger partial charge in [-0.3, -0.25) is 14.5 Å². The minimum atomic E-state index is -0.977. The summed E-state index contributed by atoms with van der Waals surface area (Å²) in [5.41, 5.74) is 1.80. The predicted molar refractivity (Wildman–Crippen MR) is 189 cm³/mol. The first kappa shape index (κ1) is 35.1. The normalized spacial score (nSPS) is 18.6. The number of nitrogens with zero attached hydrogens (tertiary/aromatic N) is 3. The largest absolute Gasteiger partial charge is 0.494 e. The van der Waals surface area contributed by atoms with Crippen molar-refractivity contribution in [3.8, 4) is 23.1 Å². The fourth-order valence-electron chi connectivity index (χ4n) is 7.85. The number of methoxy groups -OCH3 is 1. The molecule has 1 amide bonds. The molecule has 10 nitrogen and oxygen atoms in total. The molecule has 0 bridgehead atoms. The van der Waals surface area contributed by atoms with E-state index in [0.29, 0.717) is 52.4 Å². The number of fused-ring (bicyclic) bond motifs is 2. The molecule has 2 aliphatic heterocycles. The number of aliphatic carboxylic acids is 1. The molecule has 0 spiro atoms. The molecule has 2 aliphatic rings. The number of carbonyl (C=O) groups excluding carboxylic acids is 1. The SMILES string of the molecule is CCCC(CCC)N(C(=O)CN1C[C@H](c2cc(OC)c3c(c2)OCO3)[C@@H](C(=O)O)[C@@H]1CCn1cc2ccccc2c1O)c1ccc(F)c(C)c1. The van der Waals surface area contributed by atoms with E-state index in [0.717, 1.165) is 31.1 Å². The van der Waals surface area contributed by atoms with Crippen LogP contribution in [0.5, 0.6) is 23.1 Å². The summed E-state index contributed by atoms with van der Waals surface area (Å²) in [5, 5.41) is 23.5. The number of amides is 1. The van der Waals surface area contributed by atoms with Crippen molar-refractivity contribution in [1.29, 1.82) is 0 Å². The van der Waals surface area contributed by atoms with Crippen molar-refractivity contribution in [2.24, 2.45) is 5.92 Å². The third-order valence-corrected chi connectivity index (χ3v) is 10.2. The number of halogens is 1. The van der Waals surface area contributed by atoms with Gasteiger partial charge in [-0.25, -0.2) is 4.39 Å². The zero-order chi connectivity index (χ0) is 35.5. The number of aromatic nitrogens is 1. The summed E-state index contributed by atoms with van der Waals surface area (Å²) < 4.78 is 33.0. The lowest BCUT2D eigenvalue weighted by Gasteiger charge is -2.35. The lowest BCUT2D eigenvalue weighted by Crippen LogP contribution is -2.48. The molecule has 6 rings (SSSR count). The molecule has 1 aromatic heterocycles. The molecule has 11 heteroatoms. The fourth-order valence-corrected chi connectivity index (χ4v) is 7.85. The maximum Gasteiger partial charge on any atom is 0.308 e. The number of carboxylic acid groups (broad SMARTS) is 1. The second-order valence-electron chi connectivity index (χ2n) is 13.4. The van der Waals surface area contributed by atoms with Gasteiger partial charge in [0.25, 0.3) is 0 Å². The van der Waals surface area contributed by atoms with Gasteiger partial charge in [-0.2, -0.15) is 0 Å². The van der Waals surface area contributed by atoms with Crippen molar-refractivity contribution in [3.05, 3.63) is 77.7 Å². The van der Waals surface area contributed by atoms with Gasteiger partial charge in [-0.1, -0.05) is 44.9 Å². The number of hydrogen-bond acceptors (Lipinski definition) is 7. The first-order chi connectivity index (χ1) is 24.1. The van der Waals surface area contributed by atoms with Crippen LogP contribution in [0.3, 0.4) is 0 Å². The molecule has 50 heavy (non-hydrogen) atoms. The van der Waals surface area contributed by atoms with Crippen LogP contribution in [0.25, 0.3) is 10.8 Å². The van der Waals surface area contributed by atoms with Crippen molar-refractivity contribution in [2.45, 2.75) is 77.4 Å². The third-order valence-electron chi connectivity index (χ3n) is 10.2. The number of anilines is 1. The molecular formula is C39H46FN3O7. The summed E-state index contributed by atoms with van der Waals surface area (Å²) >= 11 is 0. The van der Waals surface area contributed by atoms with E-state index in [9.17, 15) is 24.2 Å². The van der Waals surface area contributed by atoms with Crippen LogP contribution in [0.4, 0.5) is 10.1 Å². The number of aryl methyl sites for hydroxylation is 2. The van der Waals surface area contributed by atoms with Gasteiger partial charge in [0.15, 0.2) is 17.4 Å². The molecule has 3 heterocycles. The molecule has 3 atom stereocenters. The second kappa shape index (κ2) is 15.0. The number of rotatable bonds is 14. The molecule has 3 aromatic carbocycles. The standard InChI is InChI=1S/C39H46FN3O7/c1-5-9-27(10-6-2)43(28-13-14-31(40)24(3)17-28)35(44)22-42-21-30(26-18-33(48-4)37-34(19-26)49-23-50-37)36(39(46)47)32(42)15-16-41-20-25-11-7-8-12-29(25)38(41)45/h7-8,11-14,17-20,27,30,32,36,45H,5-6,9-10,15-16,21-23H2,1-4H3,(H,46,47)/t30-,32+,36-/m1/s1. The van der Waals surface area contributed by atoms with Crippen LogP contribution in [-0.2, 0) is 16.1 Å². The molecule has 4 aromatic rings. The van der Waals surface area contributed by atoms with Crippen molar-refractivity contribution in [3.63, 3.8) is 0 Å². The Kier molecular flexibility index (Phi) is 10.5. The second-order valence-corrected chi connectivity index (χ2v) is 13.4. The van der Waals surface area contributed by atoms with Crippen LogP contribution in [0.2, 0.25) is 0 Å². The van der Waals surface area contributed by atoms with E-state index < -0.39 is 23.8 Å². The van der Waals surface area contributed by atoms with Crippen molar-refractivity contribution >= 4 is 28.3 Å². The molecule has 0 radical (unpaired) electrons. The number of benzene rings is 3. The number of carbonyl (C=O) groups is 2. The van der Waals surface area contributed by atoms with Crippen LogP contribution in [0, 0.1) is 18.7 Å². The summed E-state index contributed by atoms with van der Waals surface area (Å²) in [6.07, 6.45) is 5.51. The Balaban J connectivity index is 1.38. The maximum atomic E-state index is 14.6. The summed E-state index contributed by atoms with van der Waals surface area (Å²) in [7, 11) is 1.53. The van der Waals surface area contributed by atoms with E-state index in [1.54, 1.807) is 34.6 Å². The highest BCUT2D eigenvalue weighted by Gasteiger charge is 2.48. The van der Waals surface area contributed by atoms with E-state index in [2.05, 4.69) is 13.8 Å². The number of ether oxygens (including phenoxy) is 3. The van der Waals surface area contributed by atoms with Crippen molar-refractivity contribution < 1.29 is 38.4 Å². The van der Waals surface area contributed by atoms with Crippen molar-refractivity contribution in [1.82, 2.24) is 9.47 Å². The Morgan fingerprint density at radius 2 is 1.84 bits per heavy atom. The quantitative estimate of drug-likeness (QED) is 0.145. The molecule has 0 aliphatic carbocycles. The van der Waals surface area contributed by atoms with E-state index in [1.807, 2.05) is 41.4 Å². The van der Waals surface area contributed by atoms with Gasteiger partial charge in [0.2, 0.25) is 18.4 Å². The lowest BCUT2D eigenvalue weighted by atomic mass is 9.84. The maximum absolute atomic E-state index is 14.6. The van der Waals surface area contributed by atoms with Crippen LogP contribution < -0.4 is 19.1 Å². The Morgan fingerprint density at radius 1 is 1.08 bits per heavy atom. The molecular weight excluding hydrogens is 641 g/mol. The molecule has 1 fully saturated rings. The Morgan fingerprint density at radius 3 is 2.52 bits per heavy atom. The van der Waals surface area contributed by atoms with Gasteiger partial charge in [0, 0.05) is 53.7 Å². The molecule has 2 N–H and O–H groups in total. The number of hydrogen-bond donors (Lipinski definition) is 2. The highest BCUT2D eigenvalue weighted by atomic mass is 19.1. The third kappa shape index (κ3) is 6.83. The Labute approximate surface area is 292 Å². The molecule has 1 saturated heterocycles. The summed E-state index contributed by atoms with van der Waals surface area (Å²) in [6.45, 7) is 6.49. The van der Waals surface area contributed by atoms with Gasteiger partial charge in [-0.05, 0) is 73.7 Å². The zero-order valence-electron chi connectivity index (χ0n) is 29.1. The van der Waals surface area contributed by atoms with Gasteiger partial charge in [0.1, 0.15) is 5.82 Å². The fraction of sp³-hybridized carbons (Fsp3) is 0.436. The van der Waals surface area contributed by atoms with Crippen molar-refractivity contribution in [2.75, 3.05) is 31.9 Å². The average molecular weight is 688 g/mol. The van der Waals surface area contributed by atoms with Crippen LogP contribution in [0.1, 0.15) is 63.0 Å². The lowest BCUT2D eigenvalue weighted by molar-refractivity contribution is -0.143. The van der Waals surface area contributed by atoms with E-state index in [1.165, 1.54) is 13.2 Å². The molecule has 0 unspecified atom stereocenters. The van der Waals surface area contributed by atoms with Gasteiger partial charge >= 0.3 is 5.97 Å². The first-order valence-electron chi connectivity index (χ1n) is 17.4. The van der Waals surface area contributed by atoms with E-state index in [4.69, 9.17) is 14.2 Å². The Bertz CT molecular complexity index is 1850. The average Bonchev–Trinajstić information content (AvgIpc) is 3.81. The highest BCUT2D eigenvalue weighted by Crippen LogP contribution is 2.47. The van der Waals surface area contributed by atoms with Crippen LogP contribution >= 0.6 is 0 Å². The van der Waals surface area contributed by atoms with Gasteiger partial charge in [0.05, 0.1) is 19.6 Å². The predicted octanol–water partition coefficient (Wildman–Crippen LogP) is 7.09. The summed E-state index contributed by atoms with van der Waals surface area (Å²) in [4.78, 5) is 31.6. The van der Waals surface area contributed by atoms with E-state index >= 15 is 0 Å². The number of aromatic hydroxyl groups is 1.